The van der Waals surface area contributed by atoms with Gasteiger partial charge in [0.2, 0.25) is 0 Å². The molecular weight excluding hydrogens is 293 g/mol. The summed E-state index contributed by atoms with van der Waals surface area (Å²) in [6, 6.07) is 5.53. The second-order valence-electron chi connectivity index (χ2n) is 4.68. The monoisotopic (exact) mass is 309 g/mol. The van der Waals surface area contributed by atoms with Gasteiger partial charge in [0.25, 0.3) is 0 Å². The second kappa shape index (κ2) is 7.02. The van der Waals surface area contributed by atoms with Gasteiger partial charge in [0.1, 0.15) is 5.82 Å². The first kappa shape index (κ1) is 15.2. The van der Waals surface area contributed by atoms with Crippen molar-refractivity contribution in [2.45, 2.75) is 26.3 Å². The van der Waals surface area contributed by atoms with Crippen molar-refractivity contribution in [1.29, 1.82) is 0 Å². The van der Waals surface area contributed by atoms with Gasteiger partial charge < -0.3 is 5.32 Å². The van der Waals surface area contributed by atoms with Gasteiger partial charge in [-0.15, -0.1) is 0 Å². The zero-order chi connectivity index (χ0) is 14.5. The fourth-order valence-corrected chi connectivity index (χ4v) is 2.20. The van der Waals surface area contributed by atoms with Crippen molar-refractivity contribution in [3.05, 3.63) is 57.6 Å². The Balaban J connectivity index is 2.35. The van der Waals surface area contributed by atoms with Gasteiger partial charge in [-0.05, 0) is 43.1 Å². The summed E-state index contributed by atoms with van der Waals surface area (Å²) in [6.07, 6.45) is 4.67. The Kier molecular flexibility index (Phi) is 5.35. The SMILES string of the molecule is CCCNC(c1ccc(Cl)c(Cl)c1)c1ncc(C)cn1. The van der Waals surface area contributed by atoms with E-state index >= 15 is 0 Å². The molecule has 0 spiro atoms. The van der Waals surface area contributed by atoms with Crippen LogP contribution in [0.3, 0.4) is 0 Å². The van der Waals surface area contributed by atoms with Crippen molar-refractivity contribution in [3.8, 4) is 0 Å². The molecule has 3 nitrogen and oxygen atoms in total. The number of rotatable bonds is 5. The lowest BCUT2D eigenvalue weighted by molar-refractivity contribution is 0.571. The summed E-state index contributed by atoms with van der Waals surface area (Å²) in [4.78, 5) is 8.82. The summed E-state index contributed by atoms with van der Waals surface area (Å²) >= 11 is 12.1. The minimum absolute atomic E-state index is 0.0784. The molecule has 5 heteroatoms. The molecule has 0 bridgehead atoms. The summed E-state index contributed by atoms with van der Waals surface area (Å²) in [7, 11) is 0. The van der Waals surface area contributed by atoms with Gasteiger partial charge in [-0.2, -0.15) is 0 Å². The van der Waals surface area contributed by atoms with E-state index in [1.807, 2.05) is 31.5 Å². The lowest BCUT2D eigenvalue weighted by atomic mass is 10.1. The van der Waals surface area contributed by atoms with Crippen LogP contribution in [0, 0.1) is 6.92 Å². The first-order valence-electron chi connectivity index (χ1n) is 6.58. The molecule has 0 amide bonds. The molecule has 1 atom stereocenters. The molecule has 1 unspecified atom stereocenters. The van der Waals surface area contributed by atoms with Gasteiger partial charge in [0.15, 0.2) is 0 Å². The Labute approximate surface area is 129 Å². The molecule has 0 saturated carbocycles. The highest BCUT2D eigenvalue weighted by Gasteiger charge is 2.17. The Morgan fingerprint density at radius 1 is 1.15 bits per heavy atom. The van der Waals surface area contributed by atoms with Crippen LogP contribution in [0.5, 0.6) is 0 Å². The largest absolute Gasteiger partial charge is 0.304 e. The molecule has 106 valence electrons. The lowest BCUT2D eigenvalue weighted by Crippen LogP contribution is -2.25. The molecule has 2 aromatic rings. The first-order chi connectivity index (χ1) is 9.61. The van der Waals surface area contributed by atoms with E-state index in [-0.39, 0.29) is 6.04 Å². The zero-order valence-electron chi connectivity index (χ0n) is 11.5. The van der Waals surface area contributed by atoms with E-state index in [4.69, 9.17) is 23.2 Å². The Bertz CT molecular complexity index is 570. The predicted octanol–water partition coefficient (Wildman–Crippen LogP) is 4.18. The van der Waals surface area contributed by atoms with E-state index < -0.39 is 0 Å². The number of nitrogens with zero attached hydrogens (tertiary/aromatic N) is 2. The molecule has 1 heterocycles. The number of aryl methyl sites for hydroxylation is 1. The topological polar surface area (TPSA) is 37.8 Å². The Morgan fingerprint density at radius 3 is 2.45 bits per heavy atom. The number of aromatic nitrogens is 2. The maximum absolute atomic E-state index is 6.10. The normalized spacial score (nSPS) is 12.4. The zero-order valence-corrected chi connectivity index (χ0v) is 13.0. The van der Waals surface area contributed by atoms with Crippen LogP contribution in [0.4, 0.5) is 0 Å². The van der Waals surface area contributed by atoms with Crippen molar-refractivity contribution in [1.82, 2.24) is 15.3 Å². The maximum atomic E-state index is 6.10. The number of hydrogen-bond acceptors (Lipinski definition) is 3. The minimum Gasteiger partial charge on any atom is -0.304 e. The van der Waals surface area contributed by atoms with Gasteiger partial charge >= 0.3 is 0 Å². The van der Waals surface area contributed by atoms with Crippen molar-refractivity contribution in [2.24, 2.45) is 0 Å². The van der Waals surface area contributed by atoms with E-state index in [9.17, 15) is 0 Å². The van der Waals surface area contributed by atoms with Crippen LogP contribution in [0.2, 0.25) is 10.0 Å². The van der Waals surface area contributed by atoms with E-state index in [1.165, 1.54) is 0 Å². The Hall–Kier alpha value is -1.16. The third-order valence-corrected chi connectivity index (χ3v) is 3.67. The third kappa shape index (κ3) is 3.69. The molecule has 0 fully saturated rings. The van der Waals surface area contributed by atoms with E-state index in [0.29, 0.717) is 10.0 Å². The smallest absolute Gasteiger partial charge is 0.149 e. The number of benzene rings is 1. The molecule has 1 aromatic heterocycles. The molecule has 0 radical (unpaired) electrons. The quantitative estimate of drug-likeness (QED) is 0.900. The number of hydrogen-bond donors (Lipinski definition) is 1. The molecule has 1 aromatic carbocycles. The lowest BCUT2D eigenvalue weighted by Gasteiger charge is -2.18. The molecule has 2 rings (SSSR count). The van der Waals surface area contributed by atoms with Crippen molar-refractivity contribution in [3.63, 3.8) is 0 Å². The van der Waals surface area contributed by atoms with E-state index in [2.05, 4.69) is 22.2 Å². The molecule has 20 heavy (non-hydrogen) atoms. The highest BCUT2D eigenvalue weighted by molar-refractivity contribution is 6.42. The second-order valence-corrected chi connectivity index (χ2v) is 5.49. The van der Waals surface area contributed by atoms with Crippen LogP contribution in [0.25, 0.3) is 0 Å². The molecule has 1 N–H and O–H groups in total. The third-order valence-electron chi connectivity index (χ3n) is 2.93. The molecule has 0 aliphatic rings. The van der Waals surface area contributed by atoms with Gasteiger partial charge in [0.05, 0.1) is 16.1 Å². The van der Waals surface area contributed by atoms with Gasteiger partial charge in [-0.25, -0.2) is 9.97 Å². The fourth-order valence-electron chi connectivity index (χ4n) is 1.89. The Morgan fingerprint density at radius 2 is 1.85 bits per heavy atom. The summed E-state index contributed by atoms with van der Waals surface area (Å²) in [5.74, 6) is 0.738. The van der Waals surface area contributed by atoms with Crippen LogP contribution < -0.4 is 5.32 Å². The van der Waals surface area contributed by atoms with Crippen LogP contribution in [-0.4, -0.2) is 16.5 Å². The van der Waals surface area contributed by atoms with Crippen LogP contribution in [0.1, 0.15) is 36.3 Å². The van der Waals surface area contributed by atoms with Gasteiger partial charge in [-0.3, -0.25) is 0 Å². The summed E-state index contributed by atoms with van der Waals surface area (Å²) < 4.78 is 0. The first-order valence-corrected chi connectivity index (χ1v) is 7.34. The van der Waals surface area contributed by atoms with E-state index in [1.54, 1.807) is 6.07 Å². The summed E-state index contributed by atoms with van der Waals surface area (Å²) in [6.45, 7) is 4.97. The van der Waals surface area contributed by atoms with Crippen molar-refractivity contribution < 1.29 is 0 Å². The average molecular weight is 310 g/mol. The average Bonchev–Trinajstić information content (AvgIpc) is 2.45. The standard InChI is InChI=1S/C15H17Cl2N3/c1-3-6-18-14(15-19-8-10(2)9-20-15)11-4-5-12(16)13(17)7-11/h4-5,7-9,14,18H,3,6H2,1-2H3. The predicted molar refractivity (Wildman–Crippen MR) is 83.4 cm³/mol. The maximum Gasteiger partial charge on any atom is 0.149 e. The fraction of sp³-hybridized carbons (Fsp3) is 0.333. The van der Waals surface area contributed by atoms with Crippen LogP contribution in [-0.2, 0) is 0 Å². The van der Waals surface area contributed by atoms with Crippen molar-refractivity contribution >= 4 is 23.2 Å². The molecule has 0 aliphatic carbocycles. The summed E-state index contributed by atoms with van der Waals surface area (Å²) in [5, 5.41) is 4.53. The van der Waals surface area contributed by atoms with Crippen LogP contribution in [0.15, 0.2) is 30.6 Å². The molecular formula is C15H17Cl2N3. The number of nitrogens with one attached hydrogen (secondary N) is 1. The number of halogens is 2. The van der Waals surface area contributed by atoms with Crippen molar-refractivity contribution in [2.75, 3.05) is 6.54 Å². The highest BCUT2D eigenvalue weighted by Crippen LogP contribution is 2.27. The van der Waals surface area contributed by atoms with Crippen LogP contribution >= 0.6 is 23.2 Å². The molecule has 0 saturated heterocycles. The molecule has 0 aliphatic heterocycles. The minimum atomic E-state index is -0.0784. The van der Waals surface area contributed by atoms with E-state index in [0.717, 1.165) is 29.9 Å². The summed E-state index contributed by atoms with van der Waals surface area (Å²) in [5.41, 5.74) is 2.05. The van der Waals surface area contributed by atoms with Gasteiger partial charge in [0, 0.05) is 12.4 Å². The van der Waals surface area contributed by atoms with Gasteiger partial charge in [-0.1, -0.05) is 36.2 Å². The highest BCUT2D eigenvalue weighted by atomic mass is 35.5.